The third kappa shape index (κ3) is 4.34. The molecule has 168 valence electrons. The van der Waals surface area contributed by atoms with Crippen LogP contribution < -0.4 is 10.5 Å². The van der Waals surface area contributed by atoms with Crippen LogP contribution in [0.15, 0.2) is 73.2 Å². The lowest BCUT2D eigenvalue weighted by molar-refractivity contribution is 0.414. The van der Waals surface area contributed by atoms with Crippen LogP contribution >= 0.6 is 11.6 Å². The Labute approximate surface area is 203 Å². The van der Waals surface area contributed by atoms with E-state index in [0.717, 1.165) is 57.3 Å². The SMILES string of the molecule is COc1cccc(C#Cc2cc3c(cc2Cl)ncc2ncn(-c4ccc(CCCN)cc4)c23)c1. The van der Waals surface area contributed by atoms with E-state index in [1.807, 2.05) is 42.7 Å². The molecule has 0 spiro atoms. The highest BCUT2D eigenvalue weighted by Gasteiger charge is 2.12. The standard InChI is InChI=1S/C28H23ClN4O/c1-34-23-6-2-4-20(14-23)7-10-21-15-24-26(16-25(21)29)31-17-27-28(24)33(18-32-27)22-11-8-19(9-12-22)5-3-13-30/h2,4,6,8-9,11-12,14-18H,3,5,13,30H2,1H3. The van der Waals surface area contributed by atoms with E-state index >= 15 is 0 Å². The summed E-state index contributed by atoms with van der Waals surface area (Å²) < 4.78 is 7.37. The van der Waals surface area contributed by atoms with Gasteiger partial charge in [-0.3, -0.25) is 9.55 Å². The normalized spacial score (nSPS) is 10.9. The summed E-state index contributed by atoms with van der Waals surface area (Å²) in [6.45, 7) is 0.693. The first-order chi connectivity index (χ1) is 16.7. The number of rotatable bonds is 5. The van der Waals surface area contributed by atoms with Crippen molar-refractivity contribution in [3.63, 3.8) is 0 Å². The van der Waals surface area contributed by atoms with Gasteiger partial charge in [0.1, 0.15) is 17.6 Å². The highest BCUT2D eigenvalue weighted by atomic mass is 35.5. The highest BCUT2D eigenvalue weighted by molar-refractivity contribution is 6.32. The Morgan fingerprint density at radius 1 is 1.00 bits per heavy atom. The van der Waals surface area contributed by atoms with Crippen molar-refractivity contribution in [2.24, 2.45) is 5.73 Å². The van der Waals surface area contributed by atoms with E-state index in [1.165, 1.54) is 5.56 Å². The van der Waals surface area contributed by atoms with Crippen molar-refractivity contribution in [3.05, 3.63) is 94.9 Å². The highest BCUT2D eigenvalue weighted by Crippen LogP contribution is 2.30. The maximum absolute atomic E-state index is 6.57. The van der Waals surface area contributed by atoms with E-state index in [-0.39, 0.29) is 0 Å². The Bertz CT molecular complexity index is 1540. The van der Waals surface area contributed by atoms with Gasteiger partial charge in [-0.15, -0.1) is 0 Å². The van der Waals surface area contributed by atoms with Crippen LogP contribution in [0.5, 0.6) is 5.75 Å². The molecule has 3 aromatic carbocycles. The number of nitrogens with two attached hydrogens (primary N) is 1. The maximum atomic E-state index is 6.57. The molecule has 2 heterocycles. The Morgan fingerprint density at radius 3 is 2.65 bits per heavy atom. The number of ether oxygens (including phenoxy) is 1. The third-order valence-corrected chi connectivity index (χ3v) is 6.07. The first kappa shape index (κ1) is 22.0. The predicted molar refractivity (Wildman–Crippen MR) is 138 cm³/mol. The summed E-state index contributed by atoms with van der Waals surface area (Å²) in [5, 5.41) is 1.51. The number of hydrogen-bond donors (Lipinski definition) is 1. The van der Waals surface area contributed by atoms with Gasteiger partial charge < -0.3 is 10.5 Å². The third-order valence-electron chi connectivity index (χ3n) is 5.76. The maximum Gasteiger partial charge on any atom is 0.120 e. The molecule has 0 saturated carbocycles. The van der Waals surface area contributed by atoms with Crippen LogP contribution in [0.1, 0.15) is 23.1 Å². The molecule has 0 aliphatic rings. The van der Waals surface area contributed by atoms with E-state index in [2.05, 4.69) is 50.6 Å². The van der Waals surface area contributed by atoms with Crippen molar-refractivity contribution in [3.8, 4) is 23.3 Å². The summed E-state index contributed by atoms with van der Waals surface area (Å²) >= 11 is 6.57. The molecular formula is C28H23ClN4O. The minimum absolute atomic E-state index is 0.560. The lowest BCUT2D eigenvalue weighted by Gasteiger charge is -2.09. The monoisotopic (exact) mass is 466 g/mol. The molecule has 6 heteroatoms. The van der Waals surface area contributed by atoms with Crippen molar-refractivity contribution in [2.75, 3.05) is 13.7 Å². The predicted octanol–water partition coefficient (Wildman–Crippen LogP) is 5.53. The molecule has 0 atom stereocenters. The fourth-order valence-electron chi connectivity index (χ4n) is 3.98. The Balaban J connectivity index is 1.60. The smallest absolute Gasteiger partial charge is 0.120 e. The number of methoxy groups -OCH3 is 1. The van der Waals surface area contributed by atoms with Crippen LogP contribution in [-0.2, 0) is 6.42 Å². The summed E-state index contributed by atoms with van der Waals surface area (Å²) in [6.07, 6.45) is 5.56. The number of aromatic nitrogens is 3. The number of aryl methyl sites for hydroxylation is 1. The van der Waals surface area contributed by atoms with Crippen LogP contribution in [0.3, 0.4) is 0 Å². The number of halogens is 1. The van der Waals surface area contributed by atoms with Crippen molar-refractivity contribution < 1.29 is 4.74 Å². The number of benzene rings is 3. The fourth-order valence-corrected chi connectivity index (χ4v) is 4.18. The van der Waals surface area contributed by atoms with E-state index in [1.54, 1.807) is 13.3 Å². The number of nitrogens with zero attached hydrogens (tertiary/aromatic N) is 3. The zero-order valence-corrected chi connectivity index (χ0v) is 19.5. The molecule has 0 aliphatic carbocycles. The van der Waals surface area contributed by atoms with Gasteiger partial charge in [-0.1, -0.05) is 41.6 Å². The van der Waals surface area contributed by atoms with Gasteiger partial charge >= 0.3 is 0 Å². The van der Waals surface area contributed by atoms with Gasteiger partial charge in [0, 0.05) is 22.2 Å². The second-order valence-corrected chi connectivity index (χ2v) is 8.40. The van der Waals surface area contributed by atoms with Crippen molar-refractivity contribution in [2.45, 2.75) is 12.8 Å². The van der Waals surface area contributed by atoms with E-state index in [9.17, 15) is 0 Å². The second kappa shape index (κ2) is 9.56. The first-order valence-electron chi connectivity index (χ1n) is 11.1. The molecule has 0 unspecified atom stereocenters. The quantitative estimate of drug-likeness (QED) is 0.346. The molecular weight excluding hydrogens is 444 g/mol. The summed E-state index contributed by atoms with van der Waals surface area (Å²) in [5.41, 5.74) is 12.1. The zero-order valence-electron chi connectivity index (χ0n) is 18.8. The molecule has 34 heavy (non-hydrogen) atoms. The molecule has 0 radical (unpaired) electrons. The molecule has 0 saturated heterocycles. The molecule has 5 aromatic rings. The summed E-state index contributed by atoms with van der Waals surface area (Å²) in [6, 6.07) is 20.0. The van der Waals surface area contributed by atoms with E-state index < -0.39 is 0 Å². The topological polar surface area (TPSA) is 66.0 Å². The Hall–Kier alpha value is -3.85. The summed E-state index contributed by atoms with van der Waals surface area (Å²) in [5.74, 6) is 7.16. The van der Waals surface area contributed by atoms with Gasteiger partial charge in [0.25, 0.3) is 0 Å². The molecule has 0 amide bonds. The van der Waals surface area contributed by atoms with Gasteiger partial charge in [-0.2, -0.15) is 0 Å². The van der Waals surface area contributed by atoms with Gasteiger partial charge in [-0.05, 0) is 67.4 Å². The largest absolute Gasteiger partial charge is 0.497 e. The van der Waals surface area contributed by atoms with Crippen LogP contribution in [-0.4, -0.2) is 28.2 Å². The Morgan fingerprint density at radius 2 is 1.85 bits per heavy atom. The van der Waals surface area contributed by atoms with E-state index in [0.29, 0.717) is 11.6 Å². The Kier molecular flexibility index (Phi) is 6.18. The average Bonchev–Trinajstić information content (AvgIpc) is 3.31. The number of hydrogen-bond acceptors (Lipinski definition) is 4. The number of pyridine rings is 1. The van der Waals surface area contributed by atoms with Gasteiger partial charge in [0.15, 0.2) is 0 Å². The molecule has 2 aromatic heterocycles. The lowest BCUT2D eigenvalue weighted by Crippen LogP contribution is -2.00. The van der Waals surface area contributed by atoms with Crippen LogP contribution in [0.2, 0.25) is 5.02 Å². The fraction of sp³-hybridized carbons (Fsp3) is 0.143. The number of imidazole rings is 1. The van der Waals surface area contributed by atoms with Crippen LogP contribution in [0.25, 0.3) is 27.6 Å². The molecule has 0 aliphatic heterocycles. The van der Waals surface area contributed by atoms with Crippen LogP contribution in [0.4, 0.5) is 0 Å². The number of fused-ring (bicyclic) bond motifs is 3. The van der Waals surface area contributed by atoms with Crippen molar-refractivity contribution in [1.82, 2.24) is 14.5 Å². The van der Waals surface area contributed by atoms with Crippen LogP contribution in [0, 0.1) is 11.8 Å². The lowest BCUT2D eigenvalue weighted by atomic mass is 10.1. The summed E-state index contributed by atoms with van der Waals surface area (Å²) in [4.78, 5) is 9.15. The average molecular weight is 467 g/mol. The molecule has 5 rings (SSSR count). The van der Waals surface area contributed by atoms with Gasteiger partial charge in [-0.25, -0.2) is 4.98 Å². The molecule has 2 N–H and O–H groups in total. The minimum atomic E-state index is 0.560. The van der Waals surface area contributed by atoms with Crippen molar-refractivity contribution >= 4 is 33.5 Å². The molecule has 0 bridgehead atoms. The second-order valence-electron chi connectivity index (χ2n) is 8.00. The molecule has 5 nitrogen and oxygen atoms in total. The van der Waals surface area contributed by atoms with E-state index in [4.69, 9.17) is 22.1 Å². The zero-order chi connectivity index (χ0) is 23.5. The van der Waals surface area contributed by atoms with Gasteiger partial charge in [0.05, 0.1) is 29.4 Å². The minimum Gasteiger partial charge on any atom is -0.497 e. The molecule has 0 fully saturated rings. The summed E-state index contributed by atoms with van der Waals surface area (Å²) in [7, 11) is 1.64. The first-order valence-corrected chi connectivity index (χ1v) is 11.4. The van der Waals surface area contributed by atoms with Crippen molar-refractivity contribution in [1.29, 1.82) is 0 Å². The van der Waals surface area contributed by atoms with Gasteiger partial charge in [0.2, 0.25) is 0 Å².